The number of nitrogens with zero attached hydrogens (tertiary/aromatic N) is 2. The zero-order chi connectivity index (χ0) is 18.7. The average Bonchev–Trinajstić information content (AvgIpc) is 3.09. The molecule has 26 heavy (non-hydrogen) atoms. The van der Waals surface area contributed by atoms with E-state index >= 15 is 0 Å². The van der Waals surface area contributed by atoms with Gasteiger partial charge in [-0.3, -0.25) is 14.5 Å². The molecule has 1 aromatic rings. The molecule has 2 heterocycles. The first-order valence-corrected chi connectivity index (χ1v) is 9.75. The molecule has 0 spiro atoms. The van der Waals surface area contributed by atoms with Crippen molar-refractivity contribution in [3.05, 3.63) is 35.9 Å². The van der Waals surface area contributed by atoms with Gasteiger partial charge in [0, 0.05) is 32.2 Å². The number of likely N-dealkylation sites (tertiary alicyclic amines) is 2. The minimum Gasteiger partial charge on any atom is -0.481 e. The molecule has 2 atom stereocenters. The Balaban J connectivity index is 1.56. The monoisotopic (exact) mass is 358 g/mol. The summed E-state index contributed by atoms with van der Waals surface area (Å²) in [6.45, 7) is 6.66. The lowest BCUT2D eigenvalue weighted by Crippen LogP contribution is -2.45. The van der Waals surface area contributed by atoms with Crippen LogP contribution in [0.15, 0.2) is 30.3 Å². The fourth-order valence-corrected chi connectivity index (χ4v) is 4.30. The molecule has 142 valence electrons. The van der Waals surface area contributed by atoms with Crippen LogP contribution in [0.5, 0.6) is 0 Å². The number of carboxylic acids is 1. The topological polar surface area (TPSA) is 60.9 Å². The van der Waals surface area contributed by atoms with E-state index in [0.717, 1.165) is 32.4 Å². The Morgan fingerprint density at radius 1 is 1.08 bits per heavy atom. The van der Waals surface area contributed by atoms with E-state index in [0.29, 0.717) is 19.0 Å². The van der Waals surface area contributed by atoms with Gasteiger partial charge in [-0.1, -0.05) is 30.3 Å². The summed E-state index contributed by atoms with van der Waals surface area (Å²) in [5.41, 5.74) is 1.35. The van der Waals surface area contributed by atoms with Crippen molar-refractivity contribution in [1.29, 1.82) is 0 Å². The molecular formula is C21H30N2O3. The molecule has 2 fully saturated rings. The molecule has 2 aliphatic rings. The quantitative estimate of drug-likeness (QED) is 0.879. The Hall–Kier alpha value is -1.88. The lowest BCUT2D eigenvalue weighted by Gasteiger charge is -2.34. The van der Waals surface area contributed by atoms with Crippen LogP contribution in [0, 0.1) is 17.8 Å². The average molecular weight is 358 g/mol. The van der Waals surface area contributed by atoms with Gasteiger partial charge in [-0.05, 0) is 44.6 Å². The van der Waals surface area contributed by atoms with Crippen LogP contribution in [0.25, 0.3) is 0 Å². The molecule has 2 aliphatic heterocycles. The molecule has 2 saturated heterocycles. The maximum absolute atomic E-state index is 13.0. The molecule has 3 rings (SSSR count). The molecule has 0 aliphatic carbocycles. The minimum atomic E-state index is -0.842. The molecule has 0 bridgehead atoms. The smallest absolute Gasteiger partial charge is 0.308 e. The van der Waals surface area contributed by atoms with Gasteiger partial charge in [0.1, 0.15) is 0 Å². The summed E-state index contributed by atoms with van der Waals surface area (Å²) < 4.78 is 0. The SMILES string of the molecule is CC(C)N1CC(C(=O)O)C(C(=O)N2CCC(Cc3ccccc3)CC2)C1. The molecule has 0 saturated carbocycles. The predicted octanol–water partition coefficient (Wildman–Crippen LogP) is 2.51. The summed E-state index contributed by atoms with van der Waals surface area (Å²) in [5, 5.41) is 9.54. The van der Waals surface area contributed by atoms with Crippen molar-refractivity contribution < 1.29 is 14.7 Å². The van der Waals surface area contributed by atoms with E-state index in [9.17, 15) is 14.7 Å². The second kappa shape index (κ2) is 8.21. The highest BCUT2D eigenvalue weighted by atomic mass is 16.4. The van der Waals surface area contributed by atoms with Gasteiger partial charge in [-0.15, -0.1) is 0 Å². The minimum absolute atomic E-state index is 0.0405. The van der Waals surface area contributed by atoms with E-state index in [-0.39, 0.29) is 11.9 Å². The van der Waals surface area contributed by atoms with E-state index in [1.165, 1.54) is 5.56 Å². The van der Waals surface area contributed by atoms with Crippen molar-refractivity contribution in [2.24, 2.45) is 17.8 Å². The van der Waals surface area contributed by atoms with Crippen LogP contribution in [0.4, 0.5) is 0 Å². The van der Waals surface area contributed by atoms with Crippen LogP contribution < -0.4 is 0 Å². The maximum Gasteiger partial charge on any atom is 0.308 e. The third kappa shape index (κ3) is 4.26. The summed E-state index contributed by atoms with van der Waals surface area (Å²) in [6, 6.07) is 10.8. The molecule has 0 aromatic heterocycles. The van der Waals surface area contributed by atoms with Crippen molar-refractivity contribution in [2.75, 3.05) is 26.2 Å². The largest absolute Gasteiger partial charge is 0.481 e. The van der Waals surface area contributed by atoms with Gasteiger partial charge in [0.05, 0.1) is 11.8 Å². The van der Waals surface area contributed by atoms with E-state index in [4.69, 9.17) is 0 Å². The van der Waals surface area contributed by atoms with E-state index < -0.39 is 17.8 Å². The molecular weight excluding hydrogens is 328 g/mol. The number of benzene rings is 1. The van der Waals surface area contributed by atoms with Crippen molar-refractivity contribution in [2.45, 2.75) is 39.2 Å². The van der Waals surface area contributed by atoms with Crippen LogP contribution in [-0.4, -0.2) is 59.0 Å². The number of aliphatic carboxylic acids is 1. The second-order valence-electron chi connectivity index (χ2n) is 8.06. The van der Waals surface area contributed by atoms with Crippen molar-refractivity contribution in [3.63, 3.8) is 0 Å². The molecule has 0 radical (unpaired) electrons. The van der Waals surface area contributed by atoms with Gasteiger partial charge in [0.25, 0.3) is 0 Å². The van der Waals surface area contributed by atoms with Crippen molar-refractivity contribution in [1.82, 2.24) is 9.80 Å². The Kier molecular flexibility index (Phi) is 5.97. The summed E-state index contributed by atoms with van der Waals surface area (Å²) in [4.78, 5) is 28.6. The fraction of sp³-hybridized carbons (Fsp3) is 0.619. The Morgan fingerprint density at radius 2 is 1.69 bits per heavy atom. The summed E-state index contributed by atoms with van der Waals surface area (Å²) >= 11 is 0. The molecule has 1 N–H and O–H groups in total. The predicted molar refractivity (Wildman–Crippen MR) is 101 cm³/mol. The summed E-state index contributed by atoms with van der Waals surface area (Å²) in [7, 11) is 0. The third-order valence-electron chi connectivity index (χ3n) is 6.01. The number of rotatable bonds is 5. The van der Waals surface area contributed by atoms with Crippen LogP contribution in [-0.2, 0) is 16.0 Å². The summed E-state index contributed by atoms with van der Waals surface area (Å²) in [6.07, 6.45) is 3.06. The van der Waals surface area contributed by atoms with Crippen LogP contribution >= 0.6 is 0 Å². The van der Waals surface area contributed by atoms with Crippen LogP contribution in [0.3, 0.4) is 0 Å². The molecule has 5 nitrogen and oxygen atoms in total. The zero-order valence-corrected chi connectivity index (χ0v) is 15.8. The second-order valence-corrected chi connectivity index (χ2v) is 8.06. The maximum atomic E-state index is 13.0. The van der Waals surface area contributed by atoms with Gasteiger partial charge in [-0.2, -0.15) is 0 Å². The Bertz CT molecular complexity index is 623. The first-order valence-electron chi connectivity index (χ1n) is 9.75. The zero-order valence-electron chi connectivity index (χ0n) is 15.8. The standard InChI is InChI=1S/C21H30N2O3/c1-15(2)23-13-18(19(14-23)21(25)26)20(24)22-10-8-17(9-11-22)12-16-6-4-3-5-7-16/h3-7,15,17-19H,8-14H2,1-2H3,(H,25,26). The van der Waals surface area contributed by atoms with E-state index in [1.807, 2.05) is 11.0 Å². The number of carboxylic acid groups (broad SMARTS) is 1. The van der Waals surface area contributed by atoms with Gasteiger partial charge in [-0.25, -0.2) is 0 Å². The number of hydrogen-bond donors (Lipinski definition) is 1. The highest BCUT2D eigenvalue weighted by Crippen LogP contribution is 2.29. The Labute approximate surface area is 156 Å². The highest BCUT2D eigenvalue weighted by Gasteiger charge is 2.44. The summed E-state index contributed by atoms with van der Waals surface area (Å²) in [5.74, 6) is -1.18. The fourth-order valence-electron chi connectivity index (χ4n) is 4.30. The third-order valence-corrected chi connectivity index (χ3v) is 6.01. The lowest BCUT2D eigenvalue weighted by molar-refractivity contribution is -0.148. The number of amides is 1. The molecule has 5 heteroatoms. The normalized spacial score (nSPS) is 25.0. The Morgan fingerprint density at radius 3 is 2.27 bits per heavy atom. The van der Waals surface area contributed by atoms with Gasteiger partial charge in [0.15, 0.2) is 0 Å². The van der Waals surface area contributed by atoms with Crippen molar-refractivity contribution in [3.8, 4) is 0 Å². The molecule has 1 aromatic carbocycles. The number of hydrogen-bond acceptors (Lipinski definition) is 3. The van der Waals surface area contributed by atoms with Gasteiger partial charge < -0.3 is 10.0 Å². The van der Waals surface area contributed by atoms with E-state index in [1.54, 1.807) is 0 Å². The molecule has 2 unspecified atom stereocenters. The number of carbonyl (C=O) groups is 2. The highest BCUT2D eigenvalue weighted by molar-refractivity contribution is 5.85. The van der Waals surface area contributed by atoms with E-state index in [2.05, 4.69) is 43.0 Å². The van der Waals surface area contributed by atoms with Gasteiger partial charge in [0.2, 0.25) is 5.91 Å². The van der Waals surface area contributed by atoms with Crippen LogP contribution in [0.1, 0.15) is 32.3 Å². The van der Waals surface area contributed by atoms with Crippen molar-refractivity contribution >= 4 is 11.9 Å². The lowest BCUT2D eigenvalue weighted by atomic mass is 9.88. The molecule has 1 amide bonds. The van der Waals surface area contributed by atoms with Gasteiger partial charge >= 0.3 is 5.97 Å². The first-order chi connectivity index (χ1) is 12.5. The number of carbonyl (C=O) groups excluding carboxylic acids is 1. The van der Waals surface area contributed by atoms with Crippen LogP contribution in [0.2, 0.25) is 0 Å². The number of piperidine rings is 1. The first kappa shape index (κ1) is 18.9.